The summed E-state index contributed by atoms with van der Waals surface area (Å²) >= 11 is 0. The van der Waals surface area contributed by atoms with Crippen LogP contribution in [-0.4, -0.2) is 49.9 Å². The van der Waals surface area contributed by atoms with Crippen LogP contribution in [0, 0.1) is 5.92 Å². The van der Waals surface area contributed by atoms with Crippen LogP contribution in [-0.2, 0) is 13.5 Å². The van der Waals surface area contributed by atoms with Gasteiger partial charge >= 0.3 is 0 Å². The molecule has 0 aliphatic carbocycles. The molecular weight excluding hydrogens is 318 g/mol. The molecule has 3 rings (SSSR count). The second-order valence-corrected chi connectivity index (χ2v) is 5.98. The van der Waals surface area contributed by atoms with Gasteiger partial charge in [-0.1, -0.05) is 0 Å². The number of hydrogen-bond acceptors (Lipinski definition) is 4. The maximum absolute atomic E-state index is 12.7. The van der Waals surface area contributed by atoms with Crippen LogP contribution in [0.5, 0.6) is 0 Å². The second-order valence-electron chi connectivity index (χ2n) is 5.98. The van der Waals surface area contributed by atoms with E-state index in [2.05, 4.69) is 10.1 Å². The van der Waals surface area contributed by atoms with Crippen molar-refractivity contribution in [3.63, 3.8) is 0 Å². The SMILES string of the molecule is Cn1nc(C(F)F)cc1C(=O)N1C[C@@H](Cc2ccncc2)[C@H](O)C1. The highest BCUT2D eigenvalue weighted by molar-refractivity contribution is 5.93. The monoisotopic (exact) mass is 336 g/mol. The van der Waals surface area contributed by atoms with Crippen LogP contribution in [0.1, 0.15) is 28.2 Å². The maximum atomic E-state index is 12.7. The van der Waals surface area contributed by atoms with Crippen molar-refractivity contribution in [2.45, 2.75) is 19.0 Å². The van der Waals surface area contributed by atoms with Gasteiger partial charge in [-0.2, -0.15) is 5.10 Å². The molecule has 1 N–H and O–H groups in total. The number of aliphatic hydroxyl groups excluding tert-OH is 1. The molecule has 24 heavy (non-hydrogen) atoms. The van der Waals surface area contributed by atoms with Crippen molar-refractivity contribution in [2.75, 3.05) is 13.1 Å². The van der Waals surface area contributed by atoms with E-state index in [1.165, 1.54) is 11.9 Å². The fraction of sp³-hybridized carbons (Fsp3) is 0.438. The van der Waals surface area contributed by atoms with E-state index in [-0.39, 0.29) is 18.2 Å². The van der Waals surface area contributed by atoms with Gasteiger partial charge in [0.25, 0.3) is 12.3 Å². The van der Waals surface area contributed by atoms with Crippen molar-refractivity contribution >= 4 is 5.91 Å². The topological polar surface area (TPSA) is 71.2 Å². The lowest BCUT2D eigenvalue weighted by Gasteiger charge is -2.16. The highest BCUT2D eigenvalue weighted by atomic mass is 19.3. The zero-order valence-corrected chi connectivity index (χ0v) is 13.1. The predicted molar refractivity (Wildman–Crippen MR) is 81.5 cm³/mol. The summed E-state index contributed by atoms with van der Waals surface area (Å²) in [5, 5.41) is 13.9. The van der Waals surface area contributed by atoms with E-state index in [4.69, 9.17) is 0 Å². The van der Waals surface area contributed by atoms with Crippen LogP contribution in [0.15, 0.2) is 30.6 Å². The summed E-state index contributed by atoms with van der Waals surface area (Å²) in [5.41, 5.74) is 0.708. The molecule has 0 radical (unpaired) electrons. The lowest BCUT2D eigenvalue weighted by atomic mass is 9.97. The minimum absolute atomic E-state index is 0.0980. The van der Waals surface area contributed by atoms with Crippen molar-refractivity contribution in [1.29, 1.82) is 0 Å². The standard InChI is InChI=1S/C16H18F2N4O2/c1-21-13(7-12(20-21)15(17)18)16(24)22-8-11(14(23)9-22)6-10-2-4-19-5-3-10/h2-5,7,11,14-15,23H,6,8-9H2,1H3/t11-,14-/m1/s1. The second kappa shape index (κ2) is 6.64. The van der Waals surface area contributed by atoms with Crippen LogP contribution in [0.25, 0.3) is 0 Å². The molecule has 1 aliphatic heterocycles. The highest BCUT2D eigenvalue weighted by Gasteiger charge is 2.35. The van der Waals surface area contributed by atoms with Crippen LogP contribution in [0.2, 0.25) is 0 Å². The van der Waals surface area contributed by atoms with Crippen LogP contribution in [0.4, 0.5) is 8.78 Å². The molecule has 128 valence electrons. The molecule has 1 fully saturated rings. The number of pyridine rings is 1. The number of nitrogens with zero attached hydrogens (tertiary/aromatic N) is 4. The number of hydrogen-bond donors (Lipinski definition) is 1. The Morgan fingerprint density at radius 3 is 2.71 bits per heavy atom. The minimum atomic E-state index is -2.72. The summed E-state index contributed by atoms with van der Waals surface area (Å²) in [4.78, 5) is 18.0. The number of halogens is 2. The van der Waals surface area contributed by atoms with E-state index in [1.54, 1.807) is 12.4 Å². The van der Waals surface area contributed by atoms with Crippen molar-refractivity contribution < 1.29 is 18.7 Å². The summed E-state index contributed by atoms with van der Waals surface area (Å²) < 4.78 is 26.6. The van der Waals surface area contributed by atoms with Gasteiger partial charge in [-0.15, -0.1) is 0 Å². The van der Waals surface area contributed by atoms with Crippen molar-refractivity contribution in [3.05, 3.63) is 47.5 Å². The molecule has 0 unspecified atom stereocenters. The number of aryl methyl sites for hydroxylation is 1. The van der Waals surface area contributed by atoms with E-state index in [0.29, 0.717) is 13.0 Å². The molecule has 2 atom stereocenters. The van der Waals surface area contributed by atoms with Crippen molar-refractivity contribution in [1.82, 2.24) is 19.7 Å². The molecule has 2 aromatic heterocycles. The quantitative estimate of drug-likeness (QED) is 0.917. The summed E-state index contributed by atoms with van der Waals surface area (Å²) in [6.07, 6.45) is 0.620. The fourth-order valence-electron chi connectivity index (χ4n) is 3.00. The number of carbonyl (C=O) groups excluding carboxylic acids is 1. The Kier molecular flexibility index (Phi) is 4.57. The Labute approximate surface area is 137 Å². The van der Waals surface area contributed by atoms with Gasteiger partial charge in [-0.3, -0.25) is 14.5 Å². The van der Waals surface area contributed by atoms with E-state index in [1.807, 2.05) is 12.1 Å². The Morgan fingerprint density at radius 2 is 2.08 bits per heavy atom. The van der Waals surface area contributed by atoms with Crippen molar-refractivity contribution in [3.8, 4) is 0 Å². The molecule has 3 heterocycles. The number of carbonyl (C=O) groups is 1. The van der Waals surface area contributed by atoms with Crippen molar-refractivity contribution in [2.24, 2.45) is 13.0 Å². The number of likely N-dealkylation sites (tertiary alicyclic amines) is 1. The number of β-amino-alcohol motifs (C(OH)–C–C–N with tert-alkyl or cyclic N) is 1. The Morgan fingerprint density at radius 1 is 1.38 bits per heavy atom. The summed E-state index contributed by atoms with van der Waals surface area (Å²) in [7, 11) is 1.46. The molecule has 1 saturated heterocycles. The van der Waals surface area contributed by atoms with Gasteiger partial charge in [0.1, 0.15) is 11.4 Å². The van der Waals surface area contributed by atoms with E-state index < -0.39 is 24.1 Å². The predicted octanol–water partition coefficient (Wildman–Crippen LogP) is 1.43. The van der Waals surface area contributed by atoms with Gasteiger partial charge in [0.2, 0.25) is 0 Å². The molecule has 8 heteroatoms. The normalized spacial score (nSPS) is 20.8. The third-order valence-corrected chi connectivity index (χ3v) is 4.28. The lowest BCUT2D eigenvalue weighted by Crippen LogP contribution is -2.31. The molecule has 0 spiro atoms. The Bertz CT molecular complexity index is 720. The number of amides is 1. The number of aromatic nitrogens is 3. The highest BCUT2D eigenvalue weighted by Crippen LogP contribution is 2.24. The molecule has 1 aliphatic rings. The molecule has 0 saturated carbocycles. The van der Waals surface area contributed by atoms with Gasteiger partial charge in [-0.25, -0.2) is 8.78 Å². The summed E-state index contributed by atoms with van der Waals surface area (Å²) in [5.74, 6) is -0.493. The van der Waals surface area contributed by atoms with Gasteiger partial charge in [0.15, 0.2) is 0 Å². The van der Waals surface area contributed by atoms with Gasteiger partial charge in [0.05, 0.1) is 6.10 Å². The first-order chi connectivity index (χ1) is 11.5. The first kappa shape index (κ1) is 16.5. The number of alkyl halides is 2. The average molecular weight is 336 g/mol. The van der Waals surface area contributed by atoms with Crippen LogP contribution >= 0.6 is 0 Å². The maximum Gasteiger partial charge on any atom is 0.282 e. The smallest absolute Gasteiger partial charge is 0.282 e. The molecule has 2 aromatic rings. The molecule has 1 amide bonds. The number of rotatable bonds is 4. The van der Waals surface area contributed by atoms with Crippen LogP contribution < -0.4 is 0 Å². The Hall–Kier alpha value is -2.35. The first-order valence-corrected chi connectivity index (χ1v) is 7.64. The third kappa shape index (κ3) is 3.28. The number of aliphatic hydroxyl groups is 1. The zero-order valence-electron chi connectivity index (χ0n) is 13.1. The van der Waals surface area contributed by atoms with Crippen LogP contribution in [0.3, 0.4) is 0 Å². The Balaban J connectivity index is 1.71. The molecular formula is C16H18F2N4O2. The van der Waals surface area contributed by atoms with E-state index >= 15 is 0 Å². The first-order valence-electron chi connectivity index (χ1n) is 7.64. The minimum Gasteiger partial charge on any atom is -0.391 e. The largest absolute Gasteiger partial charge is 0.391 e. The molecule has 0 bridgehead atoms. The van der Waals surface area contributed by atoms with E-state index in [9.17, 15) is 18.7 Å². The average Bonchev–Trinajstić information content (AvgIpc) is 3.12. The third-order valence-electron chi connectivity index (χ3n) is 4.28. The van der Waals surface area contributed by atoms with Gasteiger partial charge < -0.3 is 10.0 Å². The van der Waals surface area contributed by atoms with Gasteiger partial charge in [-0.05, 0) is 30.2 Å². The zero-order chi connectivity index (χ0) is 17.3. The summed E-state index contributed by atoms with van der Waals surface area (Å²) in [6, 6.07) is 4.84. The summed E-state index contributed by atoms with van der Waals surface area (Å²) in [6.45, 7) is 0.557. The molecule has 0 aromatic carbocycles. The van der Waals surface area contributed by atoms with E-state index in [0.717, 1.165) is 16.3 Å². The lowest BCUT2D eigenvalue weighted by molar-refractivity contribution is 0.0754. The molecule has 6 nitrogen and oxygen atoms in total. The van der Waals surface area contributed by atoms with Gasteiger partial charge in [0, 0.05) is 38.4 Å². The fourth-order valence-corrected chi connectivity index (χ4v) is 3.00.